The molecule has 2 atom stereocenters. The smallest absolute Gasteiger partial charge is 0.326 e. The summed E-state index contributed by atoms with van der Waals surface area (Å²) in [6, 6.07) is -2.02. The highest BCUT2D eigenvalue weighted by molar-refractivity contribution is 5.86. The van der Waals surface area contributed by atoms with E-state index in [9.17, 15) is 9.59 Å². The Morgan fingerprint density at radius 2 is 1.93 bits per heavy atom. The van der Waals surface area contributed by atoms with E-state index in [-0.39, 0.29) is 5.92 Å². The average molecular weight is 218 g/mol. The Morgan fingerprint density at radius 1 is 1.40 bits per heavy atom. The second-order valence-corrected chi connectivity index (χ2v) is 3.82. The molecule has 6 nitrogen and oxygen atoms in total. The SMILES string of the molecule is CC(C)C[C@H](NC(=O)[C@H](N)CO)C(=O)O. The van der Waals surface area contributed by atoms with Crippen LogP contribution in [0, 0.1) is 5.92 Å². The number of nitrogens with two attached hydrogens (primary N) is 1. The van der Waals surface area contributed by atoms with E-state index < -0.39 is 30.6 Å². The number of hydrogen-bond acceptors (Lipinski definition) is 4. The van der Waals surface area contributed by atoms with Crippen molar-refractivity contribution >= 4 is 11.9 Å². The van der Waals surface area contributed by atoms with Crippen LogP contribution in [0.1, 0.15) is 20.3 Å². The van der Waals surface area contributed by atoms with Crippen molar-refractivity contribution < 1.29 is 19.8 Å². The second-order valence-electron chi connectivity index (χ2n) is 3.82. The molecule has 0 aromatic carbocycles. The van der Waals surface area contributed by atoms with Crippen LogP contribution in [0.15, 0.2) is 0 Å². The number of nitrogens with one attached hydrogen (secondary N) is 1. The van der Waals surface area contributed by atoms with Crippen LogP contribution in [-0.2, 0) is 9.59 Å². The summed E-state index contributed by atoms with van der Waals surface area (Å²) < 4.78 is 0. The first-order chi connectivity index (χ1) is 6.88. The first-order valence-electron chi connectivity index (χ1n) is 4.78. The van der Waals surface area contributed by atoms with Gasteiger partial charge in [0.05, 0.1) is 6.61 Å². The van der Waals surface area contributed by atoms with Crippen molar-refractivity contribution in [2.45, 2.75) is 32.4 Å². The van der Waals surface area contributed by atoms with Crippen LogP contribution in [0.5, 0.6) is 0 Å². The van der Waals surface area contributed by atoms with Crippen molar-refractivity contribution in [2.24, 2.45) is 11.7 Å². The Balaban J connectivity index is 4.29. The number of hydrogen-bond donors (Lipinski definition) is 4. The molecule has 1 amide bonds. The van der Waals surface area contributed by atoms with Gasteiger partial charge in [-0.3, -0.25) is 4.79 Å². The molecule has 0 bridgehead atoms. The van der Waals surface area contributed by atoms with Crippen molar-refractivity contribution in [1.29, 1.82) is 0 Å². The van der Waals surface area contributed by atoms with Gasteiger partial charge in [0.15, 0.2) is 0 Å². The molecule has 0 aliphatic carbocycles. The summed E-state index contributed by atoms with van der Waals surface area (Å²) in [6.45, 7) is 3.21. The Hall–Kier alpha value is -1.14. The summed E-state index contributed by atoms with van der Waals surface area (Å²) in [6.07, 6.45) is 0.333. The zero-order valence-corrected chi connectivity index (χ0v) is 8.93. The summed E-state index contributed by atoms with van der Waals surface area (Å²) in [4.78, 5) is 22.0. The molecular weight excluding hydrogens is 200 g/mol. The summed E-state index contributed by atoms with van der Waals surface area (Å²) >= 11 is 0. The Morgan fingerprint density at radius 3 is 2.27 bits per heavy atom. The van der Waals surface area contributed by atoms with Gasteiger partial charge < -0.3 is 21.3 Å². The van der Waals surface area contributed by atoms with Crippen LogP contribution in [-0.4, -0.2) is 40.8 Å². The van der Waals surface area contributed by atoms with E-state index in [4.69, 9.17) is 15.9 Å². The zero-order valence-electron chi connectivity index (χ0n) is 8.93. The number of aliphatic hydroxyl groups is 1. The largest absolute Gasteiger partial charge is 0.480 e. The zero-order chi connectivity index (χ0) is 12.0. The Kier molecular flexibility index (Phi) is 5.88. The van der Waals surface area contributed by atoms with Gasteiger partial charge in [0.25, 0.3) is 0 Å². The monoisotopic (exact) mass is 218 g/mol. The lowest BCUT2D eigenvalue weighted by atomic mass is 10.0. The summed E-state index contributed by atoms with van der Waals surface area (Å²) in [5.74, 6) is -1.59. The molecule has 0 spiro atoms. The summed E-state index contributed by atoms with van der Waals surface area (Å²) in [5, 5.41) is 19.7. The van der Waals surface area contributed by atoms with E-state index in [1.165, 1.54) is 0 Å². The number of carboxylic acids is 1. The van der Waals surface area contributed by atoms with Crippen LogP contribution < -0.4 is 11.1 Å². The number of carboxylic acid groups (broad SMARTS) is 1. The third-order valence-corrected chi connectivity index (χ3v) is 1.86. The van der Waals surface area contributed by atoms with Crippen LogP contribution in [0.25, 0.3) is 0 Å². The van der Waals surface area contributed by atoms with Gasteiger partial charge in [-0.05, 0) is 12.3 Å². The normalized spacial score (nSPS) is 14.7. The molecule has 15 heavy (non-hydrogen) atoms. The number of aliphatic hydroxyl groups excluding tert-OH is 1. The van der Waals surface area contributed by atoms with Crippen LogP contribution in [0.4, 0.5) is 0 Å². The molecule has 0 saturated carbocycles. The highest BCUT2D eigenvalue weighted by Crippen LogP contribution is 2.04. The predicted octanol–water partition coefficient (Wildman–Crippen LogP) is -1.08. The fourth-order valence-corrected chi connectivity index (χ4v) is 1.05. The predicted molar refractivity (Wildman–Crippen MR) is 54.1 cm³/mol. The van der Waals surface area contributed by atoms with Crippen molar-refractivity contribution in [2.75, 3.05) is 6.61 Å². The molecule has 0 radical (unpaired) electrons. The Labute approximate surface area is 88.5 Å². The van der Waals surface area contributed by atoms with E-state index >= 15 is 0 Å². The van der Waals surface area contributed by atoms with Gasteiger partial charge in [0.1, 0.15) is 12.1 Å². The lowest BCUT2D eigenvalue weighted by molar-refractivity contribution is -0.142. The van der Waals surface area contributed by atoms with Gasteiger partial charge in [-0.15, -0.1) is 0 Å². The molecule has 0 aromatic heterocycles. The van der Waals surface area contributed by atoms with E-state index in [2.05, 4.69) is 5.32 Å². The van der Waals surface area contributed by atoms with Gasteiger partial charge in [0, 0.05) is 0 Å². The summed E-state index contributed by atoms with van der Waals surface area (Å²) in [7, 11) is 0. The third kappa shape index (κ3) is 5.34. The molecule has 0 rings (SSSR count). The van der Waals surface area contributed by atoms with Gasteiger partial charge >= 0.3 is 5.97 Å². The molecule has 0 fully saturated rings. The molecule has 0 aliphatic heterocycles. The quantitative estimate of drug-likeness (QED) is 0.453. The number of carbonyl (C=O) groups is 2. The van der Waals surface area contributed by atoms with Crippen LogP contribution >= 0.6 is 0 Å². The number of aliphatic carboxylic acids is 1. The van der Waals surface area contributed by atoms with E-state index in [1.807, 2.05) is 13.8 Å². The number of carbonyl (C=O) groups excluding carboxylic acids is 1. The van der Waals surface area contributed by atoms with Crippen molar-refractivity contribution in [3.8, 4) is 0 Å². The average Bonchev–Trinajstić information content (AvgIpc) is 2.14. The second kappa shape index (κ2) is 6.36. The van der Waals surface area contributed by atoms with E-state index in [0.717, 1.165) is 0 Å². The summed E-state index contributed by atoms with van der Waals surface area (Å²) in [5.41, 5.74) is 5.24. The maximum Gasteiger partial charge on any atom is 0.326 e. The minimum atomic E-state index is -1.10. The van der Waals surface area contributed by atoms with Crippen molar-refractivity contribution in [1.82, 2.24) is 5.32 Å². The number of amides is 1. The Bertz CT molecular complexity index is 230. The maximum absolute atomic E-state index is 11.2. The molecule has 5 N–H and O–H groups in total. The highest BCUT2D eigenvalue weighted by Gasteiger charge is 2.23. The molecule has 0 aliphatic rings. The molecule has 0 saturated heterocycles. The first-order valence-corrected chi connectivity index (χ1v) is 4.78. The van der Waals surface area contributed by atoms with Crippen LogP contribution in [0.3, 0.4) is 0 Å². The molecule has 0 unspecified atom stereocenters. The minimum absolute atomic E-state index is 0.150. The lowest BCUT2D eigenvalue weighted by Crippen LogP contribution is -2.50. The topological polar surface area (TPSA) is 113 Å². The molecule has 6 heteroatoms. The molecule has 0 heterocycles. The van der Waals surface area contributed by atoms with Crippen molar-refractivity contribution in [3.63, 3.8) is 0 Å². The van der Waals surface area contributed by atoms with Gasteiger partial charge in [-0.25, -0.2) is 4.79 Å². The number of rotatable bonds is 6. The lowest BCUT2D eigenvalue weighted by Gasteiger charge is -2.18. The fraction of sp³-hybridized carbons (Fsp3) is 0.778. The first kappa shape index (κ1) is 13.9. The fourth-order valence-electron chi connectivity index (χ4n) is 1.05. The maximum atomic E-state index is 11.2. The van der Waals surface area contributed by atoms with Gasteiger partial charge in [-0.2, -0.15) is 0 Å². The van der Waals surface area contributed by atoms with Gasteiger partial charge in [-0.1, -0.05) is 13.8 Å². The third-order valence-electron chi connectivity index (χ3n) is 1.86. The van der Waals surface area contributed by atoms with Crippen molar-refractivity contribution in [3.05, 3.63) is 0 Å². The molecule has 0 aromatic rings. The van der Waals surface area contributed by atoms with Gasteiger partial charge in [0.2, 0.25) is 5.91 Å². The van der Waals surface area contributed by atoms with E-state index in [0.29, 0.717) is 6.42 Å². The highest BCUT2D eigenvalue weighted by atomic mass is 16.4. The minimum Gasteiger partial charge on any atom is -0.480 e. The standard InChI is InChI=1S/C9H18N2O4/c1-5(2)3-7(9(14)15)11-8(13)6(10)4-12/h5-7,12H,3-4,10H2,1-2H3,(H,11,13)(H,14,15)/t6-,7+/m1/s1. The molecule has 88 valence electrons. The van der Waals surface area contributed by atoms with E-state index in [1.54, 1.807) is 0 Å². The van der Waals surface area contributed by atoms with Crippen LogP contribution in [0.2, 0.25) is 0 Å². The molecular formula is C9H18N2O4.